The molecule has 1 aromatic carbocycles. The van der Waals surface area contributed by atoms with Gasteiger partial charge in [0.1, 0.15) is 4.49 Å². The smallest absolute Gasteiger partial charge is 0.340 e. The zero-order chi connectivity index (χ0) is 15.7. The molecule has 1 amide bonds. The van der Waals surface area contributed by atoms with E-state index < -0.39 is 11.9 Å². The van der Waals surface area contributed by atoms with Crippen molar-refractivity contribution >= 4 is 64.0 Å². The molecule has 110 valence electrons. The van der Waals surface area contributed by atoms with Crippen molar-refractivity contribution in [3.05, 3.63) is 50.1 Å². The van der Waals surface area contributed by atoms with Crippen LogP contribution < -0.4 is 4.90 Å². The second-order valence-corrected chi connectivity index (χ2v) is 5.72. The molecule has 0 spiro atoms. The third-order valence-electron chi connectivity index (χ3n) is 2.70. The second kappa shape index (κ2) is 6.28. The molecule has 4 nitrogen and oxygen atoms in total. The average Bonchev–Trinajstić information content (AvgIpc) is 2.76. The Kier molecular flexibility index (Phi) is 4.84. The molecular weight excluding hydrogens is 360 g/mol. The number of carbonyl (C=O) groups is 2. The lowest BCUT2D eigenvalue weighted by atomic mass is 10.2. The quantitative estimate of drug-likeness (QED) is 0.740. The second-order valence-electron chi connectivity index (χ2n) is 3.93. The van der Waals surface area contributed by atoms with E-state index in [1.165, 1.54) is 19.2 Å². The molecule has 0 saturated carbocycles. The van der Waals surface area contributed by atoms with Crippen LogP contribution in [-0.2, 0) is 14.3 Å². The molecule has 0 atom stereocenters. The number of methoxy groups -OCH3 is 1. The van der Waals surface area contributed by atoms with Crippen LogP contribution in [0.4, 0.5) is 5.69 Å². The van der Waals surface area contributed by atoms with Crippen LogP contribution in [0, 0.1) is 0 Å². The monoisotopic (exact) mass is 365 g/mol. The molecule has 0 aromatic heterocycles. The molecule has 0 aliphatic carbocycles. The first-order valence-electron chi connectivity index (χ1n) is 5.51. The number of hydrogen-bond acceptors (Lipinski definition) is 3. The highest BCUT2D eigenvalue weighted by Crippen LogP contribution is 2.39. The molecule has 1 aliphatic rings. The summed E-state index contributed by atoms with van der Waals surface area (Å²) in [7, 11) is 1.19. The fraction of sp³-hybridized carbons (Fsp3) is 0.0769. The first-order chi connectivity index (χ1) is 9.86. The highest BCUT2D eigenvalue weighted by Gasteiger charge is 2.36. The van der Waals surface area contributed by atoms with Crippen molar-refractivity contribution in [1.29, 1.82) is 0 Å². The number of hydrogen-bond donors (Lipinski definition) is 0. The predicted octanol–water partition coefficient (Wildman–Crippen LogP) is 4.09. The van der Waals surface area contributed by atoms with Crippen molar-refractivity contribution < 1.29 is 14.3 Å². The van der Waals surface area contributed by atoms with E-state index in [2.05, 4.69) is 4.74 Å². The summed E-state index contributed by atoms with van der Waals surface area (Å²) in [5, 5.41) is 0.612. The van der Waals surface area contributed by atoms with Crippen LogP contribution in [0.25, 0.3) is 0 Å². The summed E-state index contributed by atoms with van der Waals surface area (Å²) >= 11 is 23.5. The Hall–Kier alpha value is -1.20. The number of carbonyl (C=O) groups excluding carboxylic acids is 2. The summed E-state index contributed by atoms with van der Waals surface area (Å²) in [6.07, 6.45) is 1.08. The number of ether oxygens (including phenoxy) is 1. The molecule has 0 unspecified atom stereocenters. The van der Waals surface area contributed by atoms with Gasteiger partial charge in [-0.25, -0.2) is 4.79 Å². The predicted molar refractivity (Wildman–Crippen MR) is 82.8 cm³/mol. The zero-order valence-electron chi connectivity index (χ0n) is 10.5. The molecule has 1 aromatic rings. The Morgan fingerprint density at radius 1 is 1.24 bits per heavy atom. The van der Waals surface area contributed by atoms with Crippen molar-refractivity contribution in [3.8, 4) is 0 Å². The maximum atomic E-state index is 12.2. The van der Waals surface area contributed by atoms with E-state index in [0.29, 0.717) is 10.7 Å². The molecule has 0 bridgehead atoms. The number of rotatable bonds is 2. The van der Waals surface area contributed by atoms with Gasteiger partial charge in [0, 0.05) is 11.1 Å². The highest BCUT2D eigenvalue weighted by atomic mass is 35.5. The van der Waals surface area contributed by atoms with Crippen molar-refractivity contribution in [2.24, 2.45) is 0 Å². The molecule has 0 N–H and O–H groups in total. The van der Waals surface area contributed by atoms with Gasteiger partial charge in [-0.2, -0.15) is 0 Å². The third-order valence-corrected chi connectivity index (χ3v) is 3.60. The topological polar surface area (TPSA) is 46.6 Å². The maximum Gasteiger partial charge on any atom is 0.340 e. The normalized spacial score (nSPS) is 14.3. The highest BCUT2D eigenvalue weighted by molar-refractivity contribution is 6.57. The van der Waals surface area contributed by atoms with Gasteiger partial charge in [-0.1, -0.05) is 46.4 Å². The standard InChI is InChI=1S/C13H7Cl4NO3/c1-21-13(20)7-5-10(19)18(11(7)12(16)17)9-3-2-6(14)4-8(9)15/h2-5H,1H3. The van der Waals surface area contributed by atoms with Crippen molar-refractivity contribution in [2.75, 3.05) is 12.0 Å². The van der Waals surface area contributed by atoms with Gasteiger partial charge >= 0.3 is 5.97 Å². The van der Waals surface area contributed by atoms with E-state index in [-0.39, 0.29) is 20.8 Å². The van der Waals surface area contributed by atoms with E-state index in [9.17, 15) is 9.59 Å². The van der Waals surface area contributed by atoms with Gasteiger partial charge in [0.15, 0.2) is 0 Å². The first kappa shape index (κ1) is 16.2. The van der Waals surface area contributed by atoms with E-state index in [1.807, 2.05) is 0 Å². The number of esters is 1. The zero-order valence-corrected chi connectivity index (χ0v) is 13.5. The number of amides is 1. The minimum absolute atomic E-state index is 0.0133. The van der Waals surface area contributed by atoms with Gasteiger partial charge in [-0.3, -0.25) is 9.69 Å². The van der Waals surface area contributed by atoms with Crippen molar-refractivity contribution in [1.82, 2.24) is 0 Å². The van der Waals surface area contributed by atoms with Crippen LogP contribution in [-0.4, -0.2) is 19.0 Å². The van der Waals surface area contributed by atoms with Crippen LogP contribution in [0.2, 0.25) is 10.0 Å². The Bertz CT molecular complexity index is 693. The van der Waals surface area contributed by atoms with Gasteiger partial charge in [0.05, 0.1) is 29.1 Å². The summed E-state index contributed by atoms with van der Waals surface area (Å²) in [4.78, 5) is 25.0. The molecule has 1 aliphatic heterocycles. The fourth-order valence-corrected chi connectivity index (χ4v) is 2.71. The lowest BCUT2D eigenvalue weighted by molar-refractivity contribution is -0.135. The van der Waals surface area contributed by atoms with Crippen LogP contribution in [0.15, 0.2) is 40.0 Å². The Morgan fingerprint density at radius 2 is 1.90 bits per heavy atom. The molecule has 21 heavy (non-hydrogen) atoms. The molecule has 8 heteroatoms. The van der Waals surface area contributed by atoms with Crippen molar-refractivity contribution in [3.63, 3.8) is 0 Å². The Labute approximate surface area is 140 Å². The lowest BCUT2D eigenvalue weighted by Gasteiger charge is -2.21. The lowest BCUT2D eigenvalue weighted by Crippen LogP contribution is -2.25. The van der Waals surface area contributed by atoms with E-state index in [4.69, 9.17) is 46.4 Å². The Balaban J connectivity index is 2.58. The largest absolute Gasteiger partial charge is 0.465 e. The first-order valence-corrected chi connectivity index (χ1v) is 7.02. The van der Waals surface area contributed by atoms with E-state index in [0.717, 1.165) is 11.0 Å². The summed E-state index contributed by atoms with van der Waals surface area (Å²) in [6, 6.07) is 4.53. The van der Waals surface area contributed by atoms with Crippen LogP contribution >= 0.6 is 46.4 Å². The van der Waals surface area contributed by atoms with Crippen molar-refractivity contribution in [2.45, 2.75) is 0 Å². The number of anilines is 1. The molecular formula is C13H7Cl4NO3. The summed E-state index contributed by atoms with van der Waals surface area (Å²) in [6.45, 7) is 0. The molecule has 0 radical (unpaired) electrons. The van der Waals surface area contributed by atoms with Gasteiger partial charge in [0.2, 0.25) is 0 Å². The van der Waals surface area contributed by atoms with E-state index in [1.54, 1.807) is 6.07 Å². The van der Waals surface area contributed by atoms with Crippen LogP contribution in [0.5, 0.6) is 0 Å². The summed E-state index contributed by atoms with van der Waals surface area (Å²) in [5.41, 5.74) is 0.267. The average molecular weight is 367 g/mol. The van der Waals surface area contributed by atoms with E-state index >= 15 is 0 Å². The number of halogens is 4. The summed E-state index contributed by atoms with van der Waals surface area (Å²) in [5.74, 6) is -1.25. The molecule has 0 saturated heterocycles. The molecule has 2 rings (SSSR count). The van der Waals surface area contributed by atoms with Gasteiger partial charge in [-0.05, 0) is 18.2 Å². The maximum absolute atomic E-state index is 12.2. The van der Waals surface area contributed by atoms with Crippen LogP contribution in [0.1, 0.15) is 0 Å². The number of benzene rings is 1. The SMILES string of the molecule is COC(=O)C1=CC(=O)N(c2ccc(Cl)cc2Cl)C1=C(Cl)Cl. The number of nitrogens with zero attached hydrogens (tertiary/aromatic N) is 1. The van der Waals surface area contributed by atoms with Gasteiger partial charge in [-0.15, -0.1) is 0 Å². The Morgan fingerprint density at radius 3 is 2.43 bits per heavy atom. The molecule has 1 heterocycles. The van der Waals surface area contributed by atoms with Gasteiger partial charge < -0.3 is 4.74 Å². The minimum Gasteiger partial charge on any atom is -0.465 e. The third kappa shape index (κ3) is 3.04. The minimum atomic E-state index is -0.732. The van der Waals surface area contributed by atoms with Gasteiger partial charge in [0.25, 0.3) is 5.91 Å². The summed E-state index contributed by atoms with van der Waals surface area (Å²) < 4.78 is 4.34. The molecule has 0 fully saturated rings. The fourth-order valence-electron chi connectivity index (χ4n) is 1.84. The van der Waals surface area contributed by atoms with Crippen LogP contribution in [0.3, 0.4) is 0 Å².